The van der Waals surface area contributed by atoms with Crippen LogP contribution in [-0.4, -0.2) is 57.5 Å². The van der Waals surface area contributed by atoms with Gasteiger partial charge in [0.15, 0.2) is 0 Å². The zero-order valence-corrected chi connectivity index (χ0v) is 12.4. The van der Waals surface area contributed by atoms with Crippen LogP contribution in [-0.2, 0) is 9.59 Å². The van der Waals surface area contributed by atoms with E-state index in [0.717, 1.165) is 25.7 Å². The lowest BCUT2D eigenvalue weighted by atomic mass is 9.99. The maximum atomic E-state index is 12.8. The molecule has 1 heterocycles. The molecule has 1 saturated heterocycles. The van der Waals surface area contributed by atoms with Crippen LogP contribution in [0.3, 0.4) is 0 Å². The molecular formula is C14H23N3O4. The number of nitrogens with two attached hydrogens (primary N) is 1. The second kappa shape index (κ2) is 5.91. The molecule has 118 valence electrons. The van der Waals surface area contributed by atoms with Gasteiger partial charge in [0, 0.05) is 12.6 Å². The van der Waals surface area contributed by atoms with E-state index in [1.807, 2.05) is 0 Å². The van der Waals surface area contributed by atoms with E-state index in [1.165, 1.54) is 9.80 Å². The molecule has 3 N–H and O–H groups in total. The minimum Gasteiger partial charge on any atom is -0.480 e. The Labute approximate surface area is 124 Å². The fraction of sp³-hybridized carbons (Fsp3) is 0.786. The number of carbonyl (C=O) groups is 3. The zero-order valence-electron chi connectivity index (χ0n) is 12.4. The molecule has 1 atom stereocenters. The highest BCUT2D eigenvalue weighted by atomic mass is 16.4. The summed E-state index contributed by atoms with van der Waals surface area (Å²) in [5.41, 5.74) is 4.07. The Bertz CT molecular complexity index is 448. The van der Waals surface area contributed by atoms with Gasteiger partial charge in [0.25, 0.3) is 0 Å². The Morgan fingerprint density at radius 2 is 1.90 bits per heavy atom. The van der Waals surface area contributed by atoms with Crippen LogP contribution < -0.4 is 5.73 Å². The molecule has 2 rings (SSSR count). The fourth-order valence-corrected chi connectivity index (χ4v) is 3.38. The molecular weight excluding hydrogens is 274 g/mol. The Morgan fingerprint density at radius 1 is 1.29 bits per heavy atom. The second-order valence-electron chi connectivity index (χ2n) is 6.15. The number of hydrogen-bond donors (Lipinski definition) is 2. The van der Waals surface area contributed by atoms with Crippen LogP contribution in [0, 0.1) is 0 Å². The van der Waals surface area contributed by atoms with Crippen LogP contribution in [0.5, 0.6) is 0 Å². The SMILES string of the molecule is CC1(C(=O)O)CCCN1C(=O)N(CC(N)=O)C1CCCC1. The third-order valence-corrected chi connectivity index (χ3v) is 4.67. The van der Waals surface area contributed by atoms with Gasteiger partial charge in [-0.25, -0.2) is 9.59 Å². The van der Waals surface area contributed by atoms with E-state index in [1.54, 1.807) is 6.92 Å². The van der Waals surface area contributed by atoms with E-state index < -0.39 is 17.4 Å². The molecule has 1 aliphatic carbocycles. The molecule has 2 fully saturated rings. The van der Waals surface area contributed by atoms with Crippen molar-refractivity contribution in [3.63, 3.8) is 0 Å². The standard InChI is InChI=1S/C14H23N3O4/c1-14(12(19)20)7-4-8-17(14)13(21)16(9-11(15)18)10-5-2-3-6-10/h10H,2-9H2,1H3,(H2,15,18)(H,19,20). The Kier molecular flexibility index (Phi) is 4.39. The molecule has 0 aromatic heterocycles. The van der Waals surface area contributed by atoms with Crippen molar-refractivity contribution in [1.29, 1.82) is 0 Å². The molecule has 0 aromatic carbocycles. The average Bonchev–Trinajstić information content (AvgIpc) is 3.04. The van der Waals surface area contributed by atoms with Gasteiger partial charge < -0.3 is 20.6 Å². The van der Waals surface area contributed by atoms with Gasteiger partial charge in [-0.05, 0) is 32.6 Å². The first-order valence-electron chi connectivity index (χ1n) is 7.46. The summed E-state index contributed by atoms with van der Waals surface area (Å²) in [5, 5.41) is 9.42. The predicted molar refractivity (Wildman–Crippen MR) is 75.5 cm³/mol. The Hall–Kier alpha value is -1.79. The fourth-order valence-electron chi connectivity index (χ4n) is 3.38. The van der Waals surface area contributed by atoms with E-state index in [9.17, 15) is 19.5 Å². The van der Waals surface area contributed by atoms with Crippen molar-refractivity contribution in [2.24, 2.45) is 5.73 Å². The number of amides is 3. The molecule has 21 heavy (non-hydrogen) atoms. The van der Waals surface area contributed by atoms with Crippen molar-refractivity contribution in [1.82, 2.24) is 9.80 Å². The van der Waals surface area contributed by atoms with E-state index in [4.69, 9.17) is 5.73 Å². The number of carboxylic acid groups (broad SMARTS) is 1. The maximum Gasteiger partial charge on any atom is 0.329 e. The van der Waals surface area contributed by atoms with Crippen LogP contribution in [0.15, 0.2) is 0 Å². The van der Waals surface area contributed by atoms with Crippen LogP contribution in [0.1, 0.15) is 45.4 Å². The van der Waals surface area contributed by atoms with Crippen molar-refractivity contribution >= 4 is 17.9 Å². The van der Waals surface area contributed by atoms with Crippen LogP contribution in [0.4, 0.5) is 4.79 Å². The van der Waals surface area contributed by atoms with Crippen LogP contribution >= 0.6 is 0 Å². The highest BCUT2D eigenvalue weighted by Gasteiger charge is 2.48. The number of rotatable bonds is 4. The molecule has 1 aliphatic heterocycles. The number of urea groups is 1. The summed E-state index contributed by atoms with van der Waals surface area (Å²) in [5.74, 6) is -1.56. The van der Waals surface area contributed by atoms with Gasteiger partial charge >= 0.3 is 12.0 Å². The van der Waals surface area contributed by atoms with Crippen molar-refractivity contribution in [2.45, 2.75) is 57.0 Å². The van der Waals surface area contributed by atoms with Crippen molar-refractivity contribution in [3.8, 4) is 0 Å². The molecule has 0 radical (unpaired) electrons. The van der Waals surface area contributed by atoms with Gasteiger partial charge in [-0.3, -0.25) is 4.79 Å². The summed E-state index contributed by atoms with van der Waals surface area (Å²) in [7, 11) is 0. The Balaban J connectivity index is 2.20. The van der Waals surface area contributed by atoms with Crippen molar-refractivity contribution in [2.75, 3.05) is 13.1 Å². The lowest BCUT2D eigenvalue weighted by molar-refractivity contribution is -0.147. The summed E-state index contributed by atoms with van der Waals surface area (Å²) < 4.78 is 0. The van der Waals surface area contributed by atoms with E-state index >= 15 is 0 Å². The molecule has 0 aromatic rings. The topological polar surface area (TPSA) is 104 Å². The summed E-state index contributed by atoms with van der Waals surface area (Å²) in [6, 6.07) is -0.383. The lowest BCUT2D eigenvalue weighted by Gasteiger charge is -2.37. The number of nitrogens with zero attached hydrogens (tertiary/aromatic N) is 2. The number of carboxylic acids is 1. The first kappa shape index (κ1) is 15.6. The molecule has 3 amide bonds. The van der Waals surface area contributed by atoms with Gasteiger partial charge in [-0.1, -0.05) is 12.8 Å². The molecule has 0 spiro atoms. The van der Waals surface area contributed by atoms with Gasteiger partial charge in [0.1, 0.15) is 12.1 Å². The minimum atomic E-state index is -1.19. The summed E-state index contributed by atoms with van der Waals surface area (Å²) >= 11 is 0. The van der Waals surface area contributed by atoms with Gasteiger partial charge in [0.05, 0.1) is 0 Å². The molecule has 2 aliphatic rings. The summed E-state index contributed by atoms with van der Waals surface area (Å²) in [4.78, 5) is 38.4. The molecule has 7 heteroatoms. The number of likely N-dealkylation sites (tertiary alicyclic amines) is 1. The zero-order chi connectivity index (χ0) is 15.6. The number of aliphatic carboxylic acids is 1. The van der Waals surface area contributed by atoms with Crippen LogP contribution in [0.2, 0.25) is 0 Å². The van der Waals surface area contributed by atoms with Crippen molar-refractivity contribution in [3.05, 3.63) is 0 Å². The highest BCUT2D eigenvalue weighted by molar-refractivity contribution is 5.89. The minimum absolute atomic E-state index is 0.0105. The second-order valence-corrected chi connectivity index (χ2v) is 6.15. The Morgan fingerprint density at radius 3 is 2.43 bits per heavy atom. The first-order valence-corrected chi connectivity index (χ1v) is 7.46. The quantitative estimate of drug-likeness (QED) is 0.800. The summed E-state index contributed by atoms with van der Waals surface area (Å²) in [6.07, 6.45) is 4.81. The predicted octanol–water partition coefficient (Wildman–Crippen LogP) is 0.775. The first-order chi connectivity index (χ1) is 9.86. The number of carbonyl (C=O) groups excluding carboxylic acids is 2. The lowest BCUT2D eigenvalue weighted by Crippen LogP contribution is -2.58. The molecule has 1 unspecified atom stereocenters. The van der Waals surface area contributed by atoms with Crippen molar-refractivity contribution < 1.29 is 19.5 Å². The average molecular weight is 297 g/mol. The van der Waals surface area contributed by atoms with E-state index in [-0.39, 0.29) is 18.6 Å². The van der Waals surface area contributed by atoms with E-state index in [2.05, 4.69) is 0 Å². The number of primary amides is 1. The largest absolute Gasteiger partial charge is 0.480 e. The summed E-state index contributed by atoms with van der Waals surface area (Å²) in [6.45, 7) is 1.83. The molecule has 7 nitrogen and oxygen atoms in total. The van der Waals surface area contributed by atoms with Crippen LogP contribution in [0.25, 0.3) is 0 Å². The number of hydrogen-bond acceptors (Lipinski definition) is 3. The van der Waals surface area contributed by atoms with Gasteiger partial charge in [-0.15, -0.1) is 0 Å². The normalized spacial score (nSPS) is 26.0. The van der Waals surface area contributed by atoms with Gasteiger partial charge in [0.2, 0.25) is 5.91 Å². The van der Waals surface area contributed by atoms with Gasteiger partial charge in [-0.2, -0.15) is 0 Å². The molecule has 0 bridgehead atoms. The maximum absolute atomic E-state index is 12.8. The van der Waals surface area contributed by atoms with E-state index in [0.29, 0.717) is 19.4 Å². The third kappa shape index (κ3) is 2.96. The third-order valence-electron chi connectivity index (χ3n) is 4.67. The highest BCUT2D eigenvalue weighted by Crippen LogP contribution is 2.32. The molecule has 1 saturated carbocycles. The monoisotopic (exact) mass is 297 g/mol. The smallest absolute Gasteiger partial charge is 0.329 e.